The summed E-state index contributed by atoms with van der Waals surface area (Å²) in [7, 11) is 0. The van der Waals surface area contributed by atoms with Gasteiger partial charge in [-0.3, -0.25) is 0 Å². The van der Waals surface area contributed by atoms with Crippen molar-refractivity contribution in [3.05, 3.63) is 0 Å². The number of nitrogens with zero attached hydrogens (tertiary/aromatic N) is 2. The van der Waals surface area contributed by atoms with Crippen molar-refractivity contribution in [2.45, 2.75) is 52.4 Å². The van der Waals surface area contributed by atoms with Crippen LogP contribution in [0.5, 0.6) is 0 Å². The average molecular weight is 226 g/mol. The Morgan fingerprint density at radius 2 is 2.00 bits per heavy atom. The fourth-order valence-electron chi connectivity index (χ4n) is 2.38. The van der Waals surface area contributed by atoms with Gasteiger partial charge in [-0.1, -0.05) is 38.3 Å². The lowest BCUT2D eigenvalue weighted by Gasteiger charge is -2.30. The molecule has 0 aromatic rings. The van der Waals surface area contributed by atoms with Crippen molar-refractivity contribution in [1.29, 1.82) is 0 Å². The molecule has 0 spiro atoms. The molecule has 1 heterocycles. The molecule has 0 amide bonds. The number of rotatable bonds is 6. The SMILES string of the molecule is CCCCC(CC)CN1CCC(=NO)CC1. The summed E-state index contributed by atoms with van der Waals surface area (Å²) in [6.45, 7) is 7.93. The van der Waals surface area contributed by atoms with Gasteiger partial charge in [0.05, 0.1) is 5.71 Å². The van der Waals surface area contributed by atoms with E-state index < -0.39 is 0 Å². The van der Waals surface area contributed by atoms with E-state index >= 15 is 0 Å². The van der Waals surface area contributed by atoms with Gasteiger partial charge in [-0.05, 0) is 12.3 Å². The summed E-state index contributed by atoms with van der Waals surface area (Å²) in [5, 5.41) is 12.0. The maximum absolute atomic E-state index is 8.69. The first-order valence-electron chi connectivity index (χ1n) is 6.72. The molecule has 94 valence electrons. The minimum atomic E-state index is 0.854. The maximum atomic E-state index is 8.69. The number of piperidine rings is 1. The van der Waals surface area contributed by atoms with Crippen LogP contribution in [0, 0.1) is 5.92 Å². The average Bonchev–Trinajstić information content (AvgIpc) is 2.35. The molecule has 1 aliphatic heterocycles. The zero-order valence-corrected chi connectivity index (χ0v) is 10.8. The Balaban J connectivity index is 2.25. The standard InChI is InChI=1S/C13H26N2O/c1-3-5-6-12(4-2)11-15-9-7-13(14-16)8-10-15/h12,16H,3-11H2,1-2H3. The van der Waals surface area contributed by atoms with E-state index in [1.165, 1.54) is 32.2 Å². The molecular formula is C13H26N2O. The molecule has 1 fully saturated rings. The molecule has 0 aliphatic carbocycles. The van der Waals surface area contributed by atoms with E-state index in [4.69, 9.17) is 5.21 Å². The van der Waals surface area contributed by atoms with E-state index in [1.807, 2.05) is 0 Å². The monoisotopic (exact) mass is 226 g/mol. The van der Waals surface area contributed by atoms with Crippen molar-refractivity contribution < 1.29 is 5.21 Å². The van der Waals surface area contributed by atoms with Crippen LogP contribution >= 0.6 is 0 Å². The Bertz CT molecular complexity index is 206. The zero-order chi connectivity index (χ0) is 11.8. The molecule has 16 heavy (non-hydrogen) atoms. The van der Waals surface area contributed by atoms with E-state index in [-0.39, 0.29) is 0 Å². The van der Waals surface area contributed by atoms with Gasteiger partial charge in [0.1, 0.15) is 0 Å². The topological polar surface area (TPSA) is 35.8 Å². The van der Waals surface area contributed by atoms with Crippen LogP contribution in [0.25, 0.3) is 0 Å². The molecule has 0 bridgehead atoms. The molecule has 3 nitrogen and oxygen atoms in total. The highest BCUT2D eigenvalue weighted by Gasteiger charge is 2.18. The Labute approximate surface area is 99.5 Å². The minimum absolute atomic E-state index is 0.854. The maximum Gasteiger partial charge on any atom is 0.0596 e. The third kappa shape index (κ3) is 4.52. The van der Waals surface area contributed by atoms with Crippen LogP contribution in [-0.4, -0.2) is 35.5 Å². The molecule has 3 heteroatoms. The van der Waals surface area contributed by atoms with Gasteiger partial charge in [0.15, 0.2) is 0 Å². The number of hydrogen-bond donors (Lipinski definition) is 1. The Morgan fingerprint density at radius 1 is 1.31 bits per heavy atom. The minimum Gasteiger partial charge on any atom is -0.411 e. The lowest BCUT2D eigenvalue weighted by molar-refractivity contribution is 0.215. The highest BCUT2D eigenvalue weighted by atomic mass is 16.4. The third-order valence-corrected chi connectivity index (χ3v) is 3.63. The van der Waals surface area contributed by atoms with E-state index in [9.17, 15) is 0 Å². The first kappa shape index (κ1) is 13.5. The molecule has 0 aromatic carbocycles. The lowest BCUT2D eigenvalue weighted by atomic mass is 9.97. The Kier molecular flexibility index (Phi) is 6.46. The predicted octanol–water partition coefficient (Wildman–Crippen LogP) is 3.13. The summed E-state index contributed by atoms with van der Waals surface area (Å²) in [6, 6.07) is 0. The van der Waals surface area contributed by atoms with Crippen molar-refractivity contribution in [3.8, 4) is 0 Å². The van der Waals surface area contributed by atoms with Gasteiger partial charge in [-0.2, -0.15) is 0 Å². The molecular weight excluding hydrogens is 200 g/mol. The molecule has 0 aromatic heterocycles. The van der Waals surface area contributed by atoms with Crippen LogP contribution in [0.4, 0.5) is 0 Å². The lowest BCUT2D eigenvalue weighted by Crippen LogP contribution is -2.37. The molecule has 1 atom stereocenters. The number of oxime groups is 1. The van der Waals surface area contributed by atoms with Gasteiger partial charge in [0, 0.05) is 32.5 Å². The van der Waals surface area contributed by atoms with Gasteiger partial charge in [0.2, 0.25) is 0 Å². The molecule has 1 N–H and O–H groups in total. The van der Waals surface area contributed by atoms with Gasteiger partial charge in [-0.25, -0.2) is 0 Å². The summed E-state index contributed by atoms with van der Waals surface area (Å²) in [5.74, 6) is 0.854. The highest BCUT2D eigenvalue weighted by molar-refractivity contribution is 5.84. The summed E-state index contributed by atoms with van der Waals surface area (Å²) < 4.78 is 0. The second-order valence-electron chi connectivity index (χ2n) is 4.88. The molecule has 1 unspecified atom stereocenters. The smallest absolute Gasteiger partial charge is 0.0596 e. The van der Waals surface area contributed by atoms with Gasteiger partial charge in [-0.15, -0.1) is 0 Å². The molecule has 0 saturated carbocycles. The number of unbranched alkanes of at least 4 members (excludes halogenated alkanes) is 1. The van der Waals surface area contributed by atoms with E-state index in [1.54, 1.807) is 0 Å². The van der Waals surface area contributed by atoms with Crippen LogP contribution in [0.2, 0.25) is 0 Å². The van der Waals surface area contributed by atoms with E-state index in [0.29, 0.717) is 0 Å². The van der Waals surface area contributed by atoms with Crippen LogP contribution in [-0.2, 0) is 0 Å². The fraction of sp³-hybridized carbons (Fsp3) is 0.923. The zero-order valence-electron chi connectivity index (χ0n) is 10.8. The second-order valence-corrected chi connectivity index (χ2v) is 4.88. The quantitative estimate of drug-likeness (QED) is 0.558. The molecule has 0 radical (unpaired) electrons. The number of hydrogen-bond acceptors (Lipinski definition) is 3. The van der Waals surface area contributed by atoms with Crippen molar-refractivity contribution >= 4 is 5.71 Å². The van der Waals surface area contributed by atoms with Crippen LogP contribution in [0.1, 0.15) is 52.4 Å². The second kappa shape index (κ2) is 7.66. The molecule has 1 saturated heterocycles. The first-order chi connectivity index (χ1) is 7.80. The largest absolute Gasteiger partial charge is 0.411 e. The van der Waals surface area contributed by atoms with Crippen molar-refractivity contribution in [2.24, 2.45) is 11.1 Å². The number of likely N-dealkylation sites (tertiary alicyclic amines) is 1. The Hall–Kier alpha value is -0.570. The summed E-state index contributed by atoms with van der Waals surface area (Å²) in [5.41, 5.74) is 0.970. The summed E-state index contributed by atoms with van der Waals surface area (Å²) in [6.07, 6.45) is 7.21. The van der Waals surface area contributed by atoms with Crippen LogP contribution in [0.15, 0.2) is 5.16 Å². The molecule has 1 rings (SSSR count). The third-order valence-electron chi connectivity index (χ3n) is 3.63. The van der Waals surface area contributed by atoms with Gasteiger partial charge >= 0.3 is 0 Å². The summed E-state index contributed by atoms with van der Waals surface area (Å²) in [4.78, 5) is 2.53. The van der Waals surface area contributed by atoms with Crippen LogP contribution in [0.3, 0.4) is 0 Å². The Morgan fingerprint density at radius 3 is 2.50 bits per heavy atom. The first-order valence-corrected chi connectivity index (χ1v) is 6.72. The van der Waals surface area contributed by atoms with E-state index in [2.05, 4.69) is 23.9 Å². The van der Waals surface area contributed by atoms with Crippen molar-refractivity contribution in [3.63, 3.8) is 0 Å². The highest BCUT2D eigenvalue weighted by Crippen LogP contribution is 2.16. The van der Waals surface area contributed by atoms with E-state index in [0.717, 1.165) is 37.6 Å². The predicted molar refractivity (Wildman–Crippen MR) is 68.2 cm³/mol. The van der Waals surface area contributed by atoms with Crippen LogP contribution < -0.4 is 0 Å². The summed E-state index contributed by atoms with van der Waals surface area (Å²) >= 11 is 0. The van der Waals surface area contributed by atoms with Gasteiger partial charge in [0.25, 0.3) is 0 Å². The van der Waals surface area contributed by atoms with Crippen molar-refractivity contribution in [1.82, 2.24) is 4.90 Å². The van der Waals surface area contributed by atoms with Gasteiger partial charge < -0.3 is 10.1 Å². The van der Waals surface area contributed by atoms with Crippen molar-refractivity contribution in [2.75, 3.05) is 19.6 Å². The molecule has 1 aliphatic rings. The fourth-order valence-corrected chi connectivity index (χ4v) is 2.38. The normalized spacial score (nSPS) is 19.8.